The van der Waals surface area contributed by atoms with Gasteiger partial charge in [-0.2, -0.15) is 5.10 Å². The van der Waals surface area contributed by atoms with Gasteiger partial charge in [0, 0.05) is 12.1 Å². The van der Waals surface area contributed by atoms with Crippen molar-refractivity contribution in [1.82, 2.24) is 15.2 Å². The third-order valence-corrected chi connectivity index (χ3v) is 3.03. The summed E-state index contributed by atoms with van der Waals surface area (Å²) in [5.41, 5.74) is 2.58. The molecule has 0 aliphatic carbocycles. The normalized spacial score (nSPS) is 10.2. The fraction of sp³-hybridized carbons (Fsp3) is 0.214. The first-order valence-electron chi connectivity index (χ1n) is 6.38. The van der Waals surface area contributed by atoms with Gasteiger partial charge < -0.3 is 4.74 Å². The van der Waals surface area contributed by atoms with Gasteiger partial charge in [0.1, 0.15) is 11.3 Å². The molecule has 1 aromatic carbocycles. The number of benzene rings is 1. The Labute approximate surface area is 121 Å². The molecule has 0 fully saturated rings. The zero-order valence-electron chi connectivity index (χ0n) is 11.8. The molecule has 0 atom stereocenters. The summed E-state index contributed by atoms with van der Waals surface area (Å²) >= 11 is 0. The van der Waals surface area contributed by atoms with Crippen LogP contribution in [0.3, 0.4) is 0 Å². The number of amides is 1. The molecule has 2 aromatic rings. The second-order valence-electron chi connectivity index (χ2n) is 4.24. The predicted molar refractivity (Wildman–Crippen MR) is 77.8 cm³/mol. The van der Waals surface area contributed by atoms with Gasteiger partial charge in [0.2, 0.25) is 0 Å². The first-order chi connectivity index (χ1) is 10.1. The fourth-order valence-electron chi connectivity index (χ4n) is 1.98. The lowest BCUT2D eigenvalue weighted by Gasteiger charge is -2.11. The molecule has 0 saturated heterocycles. The molecule has 3 N–H and O–H groups in total. The van der Waals surface area contributed by atoms with E-state index in [1.807, 2.05) is 17.6 Å². The number of nitrogens with one attached hydrogen (secondary N) is 1. The van der Waals surface area contributed by atoms with Gasteiger partial charge in [0.15, 0.2) is 0 Å². The van der Waals surface area contributed by atoms with Crippen LogP contribution in [0.1, 0.15) is 17.3 Å². The van der Waals surface area contributed by atoms with Crippen LogP contribution in [0.25, 0.3) is 11.3 Å². The third-order valence-electron chi connectivity index (χ3n) is 3.03. The van der Waals surface area contributed by atoms with Gasteiger partial charge in [-0.1, -0.05) is 12.1 Å². The van der Waals surface area contributed by atoms with Crippen molar-refractivity contribution in [3.05, 3.63) is 46.2 Å². The Kier molecular flexibility index (Phi) is 4.34. The first-order valence-corrected chi connectivity index (χ1v) is 6.38. The monoisotopic (exact) mass is 288 g/mol. The number of carbonyl (C=O) groups excluding carboxylic acids is 1. The van der Waals surface area contributed by atoms with Crippen molar-refractivity contribution in [3.63, 3.8) is 0 Å². The van der Waals surface area contributed by atoms with Crippen LogP contribution in [-0.2, 0) is 6.54 Å². The van der Waals surface area contributed by atoms with E-state index in [1.54, 1.807) is 26.2 Å². The van der Waals surface area contributed by atoms with Crippen LogP contribution in [0.2, 0.25) is 0 Å². The fourth-order valence-corrected chi connectivity index (χ4v) is 1.98. The number of hydrogen-bond acceptors (Lipinski definition) is 5. The van der Waals surface area contributed by atoms with E-state index in [-0.39, 0.29) is 5.56 Å². The molecule has 0 aliphatic heterocycles. The molecule has 0 radical (unpaired) electrons. The summed E-state index contributed by atoms with van der Waals surface area (Å²) in [4.78, 5) is 23.8. The van der Waals surface area contributed by atoms with Gasteiger partial charge in [-0.25, -0.2) is 10.5 Å². The quantitative estimate of drug-likeness (QED) is 0.486. The topological polar surface area (TPSA) is 99.2 Å². The lowest BCUT2D eigenvalue weighted by Crippen LogP contribution is -2.37. The van der Waals surface area contributed by atoms with Gasteiger partial charge in [0.25, 0.3) is 11.5 Å². The first kappa shape index (κ1) is 14.7. The molecule has 21 heavy (non-hydrogen) atoms. The van der Waals surface area contributed by atoms with Crippen LogP contribution < -0.4 is 21.6 Å². The second-order valence-corrected chi connectivity index (χ2v) is 4.24. The maximum atomic E-state index is 12.1. The average molecular weight is 288 g/mol. The summed E-state index contributed by atoms with van der Waals surface area (Å²) in [5, 5.41) is 4.25. The molecular weight excluding hydrogens is 272 g/mol. The Hall–Kier alpha value is -2.67. The molecule has 7 heteroatoms. The van der Waals surface area contributed by atoms with Crippen LogP contribution >= 0.6 is 0 Å². The van der Waals surface area contributed by atoms with Crippen molar-refractivity contribution in [3.8, 4) is 17.0 Å². The summed E-state index contributed by atoms with van der Waals surface area (Å²) in [6.07, 6.45) is 0. The summed E-state index contributed by atoms with van der Waals surface area (Å²) in [6.45, 7) is 2.11. The second kappa shape index (κ2) is 6.19. The van der Waals surface area contributed by atoms with Gasteiger partial charge in [-0.3, -0.25) is 15.0 Å². The molecule has 1 amide bonds. The minimum atomic E-state index is -0.652. The molecule has 0 spiro atoms. The third kappa shape index (κ3) is 2.77. The van der Waals surface area contributed by atoms with Crippen LogP contribution in [0.5, 0.6) is 5.75 Å². The molecular formula is C14H16N4O3. The highest BCUT2D eigenvalue weighted by Crippen LogP contribution is 2.27. The van der Waals surface area contributed by atoms with Crippen molar-refractivity contribution in [2.45, 2.75) is 13.5 Å². The van der Waals surface area contributed by atoms with Crippen molar-refractivity contribution in [2.24, 2.45) is 5.84 Å². The van der Waals surface area contributed by atoms with E-state index in [1.165, 1.54) is 10.7 Å². The maximum Gasteiger partial charge on any atom is 0.279 e. The van der Waals surface area contributed by atoms with Gasteiger partial charge in [0.05, 0.1) is 12.8 Å². The van der Waals surface area contributed by atoms with Crippen molar-refractivity contribution >= 4 is 5.91 Å². The van der Waals surface area contributed by atoms with Gasteiger partial charge >= 0.3 is 0 Å². The number of nitrogen functional groups attached to an aromatic ring is 1. The number of aromatic nitrogens is 2. The Morgan fingerprint density at radius 3 is 2.76 bits per heavy atom. The van der Waals surface area contributed by atoms with Gasteiger partial charge in [-0.15, -0.1) is 0 Å². The highest BCUT2D eigenvalue weighted by atomic mass is 16.5. The van der Waals surface area contributed by atoms with Crippen molar-refractivity contribution < 1.29 is 9.53 Å². The van der Waals surface area contributed by atoms with Crippen LogP contribution in [0.4, 0.5) is 0 Å². The summed E-state index contributed by atoms with van der Waals surface area (Å²) in [5.74, 6) is 5.07. The largest absolute Gasteiger partial charge is 0.496 e. The van der Waals surface area contributed by atoms with Crippen LogP contribution in [0, 0.1) is 0 Å². The Balaban J connectivity index is 2.70. The van der Waals surface area contributed by atoms with E-state index in [0.29, 0.717) is 23.6 Å². The van der Waals surface area contributed by atoms with Crippen LogP contribution in [0.15, 0.2) is 35.1 Å². The smallest absolute Gasteiger partial charge is 0.279 e. The summed E-state index contributed by atoms with van der Waals surface area (Å²) in [7, 11) is 1.54. The van der Waals surface area contributed by atoms with E-state index in [4.69, 9.17) is 10.6 Å². The van der Waals surface area contributed by atoms with E-state index in [0.717, 1.165) is 0 Å². The Morgan fingerprint density at radius 1 is 1.43 bits per heavy atom. The number of rotatable bonds is 4. The lowest BCUT2D eigenvalue weighted by atomic mass is 10.1. The minimum absolute atomic E-state index is 0.0599. The highest BCUT2D eigenvalue weighted by Gasteiger charge is 2.16. The predicted octanol–water partition coefficient (Wildman–Crippen LogP) is 0.542. The number of ether oxygens (including phenoxy) is 1. The van der Waals surface area contributed by atoms with Crippen LogP contribution in [-0.4, -0.2) is 22.8 Å². The Bertz CT molecular complexity index is 724. The van der Waals surface area contributed by atoms with Crippen molar-refractivity contribution in [1.29, 1.82) is 0 Å². The number of nitrogens with zero attached hydrogens (tertiary/aromatic N) is 2. The average Bonchev–Trinajstić information content (AvgIpc) is 2.54. The number of nitrogens with two attached hydrogens (primary N) is 1. The zero-order chi connectivity index (χ0) is 15.4. The van der Waals surface area contributed by atoms with E-state index < -0.39 is 11.5 Å². The van der Waals surface area contributed by atoms with E-state index in [2.05, 4.69) is 5.10 Å². The number of methoxy groups -OCH3 is 1. The number of hydrazine groups is 1. The molecule has 7 nitrogen and oxygen atoms in total. The molecule has 0 unspecified atom stereocenters. The number of aryl methyl sites for hydroxylation is 1. The number of carbonyl (C=O) groups is 1. The zero-order valence-corrected chi connectivity index (χ0v) is 11.8. The Morgan fingerprint density at radius 2 is 2.14 bits per heavy atom. The van der Waals surface area contributed by atoms with Gasteiger partial charge in [-0.05, 0) is 25.1 Å². The number of hydrogen-bond donors (Lipinski definition) is 2. The summed E-state index contributed by atoms with van der Waals surface area (Å²) < 4.78 is 6.49. The molecule has 1 aromatic heterocycles. The molecule has 0 aliphatic rings. The SMILES string of the molecule is CCn1nc(-c2ccccc2OC)cc(C(=O)NN)c1=O. The summed E-state index contributed by atoms with van der Waals surface area (Å²) in [6, 6.07) is 8.64. The molecule has 110 valence electrons. The number of para-hydroxylation sites is 1. The molecule has 2 rings (SSSR count). The molecule has 1 heterocycles. The van der Waals surface area contributed by atoms with E-state index in [9.17, 15) is 9.59 Å². The van der Waals surface area contributed by atoms with Crippen molar-refractivity contribution in [2.75, 3.05) is 7.11 Å². The maximum absolute atomic E-state index is 12.1. The molecule has 0 saturated carbocycles. The lowest BCUT2D eigenvalue weighted by molar-refractivity contribution is 0.0951. The van der Waals surface area contributed by atoms with E-state index >= 15 is 0 Å². The standard InChI is InChI=1S/C14H16N4O3/c1-3-18-14(20)10(13(19)16-15)8-11(17-18)9-6-4-5-7-12(9)21-2/h4-8H,3,15H2,1-2H3,(H,16,19). The highest BCUT2D eigenvalue weighted by molar-refractivity contribution is 5.94. The minimum Gasteiger partial charge on any atom is -0.496 e. The molecule has 0 bridgehead atoms.